The Balaban J connectivity index is 1.82. The first-order valence-corrected chi connectivity index (χ1v) is 8.32. The highest BCUT2D eigenvalue weighted by Gasteiger charge is 2.26. The van der Waals surface area contributed by atoms with Crippen molar-refractivity contribution in [3.8, 4) is 6.07 Å². The number of nitrogens with zero attached hydrogens (tertiary/aromatic N) is 5. The van der Waals surface area contributed by atoms with Crippen molar-refractivity contribution >= 4 is 17.3 Å². The molecule has 0 spiro atoms. The third-order valence-electron chi connectivity index (χ3n) is 4.38. The van der Waals surface area contributed by atoms with Crippen molar-refractivity contribution in [3.05, 3.63) is 40.9 Å². The molecule has 1 fully saturated rings. The van der Waals surface area contributed by atoms with Crippen molar-refractivity contribution in [2.45, 2.75) is 38.6 Å². The summed E-state index contributed by atoms with van der Waals surface area (Å²) < 4.78 is 2.15. The molecular formula is C17H20ClN5. The van der Waals surface area contributed by atoms with Crippen molar-refractivity contribution < 1.29 is 0 Å². The minimum absolute atomic E-state index is 0.361. The molecule has 6 heteroatoms. The summed E-state index contributed by atoms with van der Waals surface area (Å²) in [5, 5.41) is 18.0. The van der Waals surface area contributed by atoms with Crippen molar-refractivity contribution in [2.24, 2.45) is 0 Å². The standard InChI is InChI=1S/C17H20ClN5/c1-12(2)23-11-20-21-17(23)14-4-3-7-22(10-14)15-6-5-13(9-19)16(18)8-15/h5-6,8,11-12,14H,3-4,7,10H2,1-2H3. The van der Waals surface area contributed by atoms with Crippen molar-refractivity contribution in [1.29, 1.82) is 5.26 Å². The van der Waals surface area contributed by atoms with Crippen molar-refractivity contribution in [2.75, 3.05) is 18.0 Å². The highest BCUT2D eigenvalue weighted by atomic mass is 35.5. The lowest BCUT2D eigenvalue weighted by Gasteiger charge is -2.34. The number of rotatable bonds is 3. The van der Waals surface area contributed by atoms with E-state index in [2.05, 4.69) is 39.6 Å². The predicted octanol–water partition coefficient (Wildman–Crippen LogP) is 3.77. The van der Waals surface area contributed by atoms with E-state index in [4.69, 9.17) is 16.9 Å². The molecule has 1 aromatic carbocycles. The number of anilines is 1. The maximum absolute atomic E-state index is 9.00. The number of piperidine rings is 1. The number of nitriles is 1. The Hall–Kier alpha value is -2.06. The molecule has 2 heterocycles. The van der Waals surface area contributed by atoms with Gasteiger partial charge in [-0.25, -0.2) is 0 Å². The zero-order valence-electron chi connectivity index (χ0n) is 13.4. The predicted molar refractivity (Wildman–Crippen MR) is 90.8 cm³/mol. The van der Waals surface area contributed by atoms with Crippen LogP contribution in [0.5, 0.6) is 0 Å². The lowest BCUT2D eigenvalue weighted by Crippen LogP contribution is -2.35. The lowest BCUT2D eigenvalue weighted by atomic mass is 9.96. The second kappa shape index (κ2) is 6.59. The fraction of sp³-hybridized carbons (Fsp3) is 0.471. The van der Waals surface area contributed by atoms with Gasteiger partial charge in [-0.2, -0.15) is 5.26 Å². The first-order valence-electron chi connectivity index (χ1n) is 7.94. The van der Waals surface area contributed by atoms with Crippen LogP contribution in [0.3, 0.4) is 0 Å². The van der Waals surface area contributed by atoms with Gasteiger partial charge in [-0.3, -0.25) is 0 Å². The van der Waals surface area contributed by atoms with Crippen LogP contribution in [0.1, 0.15) is 50.0 Å². The van der Waals surface area contributed by atoms with Crippen LogP contribution in [-0.2, 0) is 0 Å². The Morgan fingerprint density at radius 2 is 2.22 bits per heavy atom. The average molecular weight is 330 g/mol. The Morgan fingerprint density at radius 1 is 1.39 bits per heavy atom. The van der Waals surface area contributed by atoms with Gasteiger partial charge < -0.3 is 9.47 Å². The van der Waals surface area contributed by atoms with Gasteiger partial charge in [0.1, 0.15) is 18.2 Å². The molecule has 5 nitrogen and oxygen atoms in total. The molecule has 1 aliphatic rings. The molecule has 1 saturated heterocycles. The third kappa shape index (κ3) is 3.18. The number of hydrogen-bond donors (Lipinski definition) is 0. The maximum Gasteiger partial charge on any atom is 0.137 e. The quantitative estimate of drug-likeness (QED) is 0.860. The average Bonchev–Trinajstić information content (AvgIpc) is 3.05. The number of benzene rings is 1. The van der Waals surface area contributed by atoms with Crippen LogP contribution in [0.25, 0.3) is 0 Å². The van der Waals surface area contributed by atoms with Gasteiger partial charge in [0.25, 0.3) is 0 Å². The summed E-state index contributed by atoms with van der Waals surface area (Å²) in [5.41, 5.74) is 1.58. The third-order valence-corrected chi connectivity index (χ3v) is 4.69. The summed E-state index contributed by atoms with van der Waals surface area (Å²) in [6.45, 7) is 6.18. The Labute approximate surface area is 141 Å². The summed E-state index contributed by atoms with van der Waals surface area (Å²) in [6.07, 6.45) is 4.04. The molecule has 2 aromatic rings. The number of aromatic nitrogens is 3. The van der Waals surface area contributed by atoms with Crippen LogP contribution in [0.4, 0.5) is 5.69 Å². The lowest BCUT2D eigenvalue weighted by molar-refractivity contribution is 0.455. The first-order chi connectivity index (χ1) is 11.1. The van der Waals surface area contributed by atoms with Crippen LogP contribution in [0.15, 0.2) is 24.5 Å². The molecule has 0 saturated carbocycles. The summed E-state index contributed by atoms with van der Waals surface area (Å²) in [7, 11) is 0. The minimum atomic E-state index is 0.361. The van der Waals surface area contributed by atoms with E-state index < -0.39 is 0 Å². The van der Waals surface area contributed by atoms with Gasteiger partial charge in [0.2, 0.25) is 0 Å². The summed E-state index contributed by atoms with van der Waals surface area (Å²) in [4.78, 5) is 2.32. The molecule has 0 radical (unpaired) electrons. The summed E-state index contributed by atoms with van der Waals surface area (Å²) in [5.74, 6) is 1.42. The first kappa shape index (κ1) is 15.8. The molecule has 0 aliphatic carbocycles. The van der Waals surface area contributed by atoms with E-state index >= 15 is 0 Å². The molecular weight excluding hydrogens is 310 g/mol. The van der Waals surface area contributed by atoms with E-state index in [9.17, 15) is 0 Å². The Morgan fingerprint density at radius 3 is 2.91 bits per heavy atom. The van der Waals surface area contributed by atoms with Crippen molar-refractivity contribution in [3.63, 3.8) is 0 Å². The van der Waals surface area contributed by atoms with E-state index in [0.717, 1.165) is 37.4 Å². The minimum Gasteiger partial charge on any atom is -0.371 e. The van der Waals surface area contributed by atoms with Crippen LogP contribution < -0.4 is 4.90 Å². The monoisotopic (exact) mass is 329 g/mol. The van der Waals surface area contributed by atoms with Gasteiger partial charge in [-0.15, -0.1) is 10.2 Å². The largest absolute Gasteiger partial charge is 0.371 e. The molecule has 0 N–H and O–H groups in total. The smallest absolute Gasteiger partial charge is 0.137 e. The summed E-state index contributed by atoms with van der Waals surface area (Å²) >= 11 is 6.18. The van der Waals surface area contributed by atoms with Crippen molar-refractivity contribution in [1.82, 2.24) is 14.8 Å². The van der Waals surface area contributed by atoms with Gasteiger partial charge in [-0.05, 0) is 44.9 Å². The highest BCUT2D eigenvalue weighted by molar-refractivity contribution is 6.32. The van der Waals surface area contributed by atoms with E-state index in [0.29, 0.717) is 22.5 Å². The Kier molecular flexibility index (Phi) is 4.53. The Bertz CT molecular complexity index is 731. The normalized spacial score (nSPS) is 18.2. The molecule has 0 amide bonds. The molecule has 120 valence electrons. The van der Waals surface area contributed by atoms with Gasteiger partial charge >= 0.3 is 0 Å². The van der Waals surface area contributed by atoms with E-state index in [1.165, 1.54) is 0 Å². The SMILES string of the molecule is CC(C)n1cnnc1C1CCCN(c2ccc(C#N)c(Cl)c2)C1. The molecule has 1 atom stereocenters. The molecule has 3 rings (SSSR count). The summed E-state index contributed by atoms with van der Waals surface area (Å²) in [6, 6.07) is 8.11. The van der Waals surface area contributed by atoms with Crippen LogP contribution >= 0.6 is 11.6 Å². The molecule has 0 bridgehead atoms. The second-order valence-corrected chi connectivity index (χ2v) is 6.66. The number of hydrogen-bond acceptors (Lipinski definition) is 4. The van der Waals surface area contributed by atoms with Gasteiger partial charge in [0.05, 0.1) is 10.6 Å². The van der Waals surface area contributed by atoms with E-state index in [-0.39, 0.29) is 0 Å². The van der Waals surface area contributed by atoms with E-state index in [1.54, 1.807) is 6.07 Å². The van der Waals surface area contributed by atoms with Gasteiger partial charge in [0, 0.05) is 30.7 Å². The zero-order valence-corrected chi connectivity index (χ0v) is 14.2. The molecule has 1 aliphatic heterocycles. The zero-order chi connectivity index (χ0) is 16.4. The molecule has 23 heavy (non-hydrogen) atoms. The molecule has 1 unspecified atom stereocenters. The van der Waals surface area contributed by atoms with Gasteiger partial charge in [-0.1, -0.05) is 11.6 Å². The van der Waals surface area contributed by atoms with Crippen LogP contribution in [0.2, 0.25) is 5.02 Å². The van der Waals surface area contributed by atoms with Crippen LogP contribution in [0, 0.1) is 11.3 Å². The topological polar surface area (TPSA) is 57.7 Å². The van der Waals surface area contributed by atoms with Gasteiger partial charge in [0.15, 0.2) is 0 Å². The highest BCUT2D eigenvalue weighted by Crippen LogP contribution is 2.31. The number of halogens is 1. The fourth-order valence-electron chi connectivity index (χ4n) is 3.16. The second-order valence-electron chi connectivity index (χ2n) is 6.25. The van der Waals surface area contributed by atoms with Crippen LogP contribution in [-0.4, -0.2) is 27.9 Å². The fourth-order valence-corrected chi connectivity index (χ4v) is 3.37. The maximum atomic E-state index is 9.00. The van der Waals surface area contributed by atoms with E-state index in [1.807, 2.05) is 18.5 Å². The molecule has 1 aromatic heterocycles.